The van der Waals surface area contributed by atoms with Crippen LogP contribution in [-0.4, -0.2) is 28.2 Å². The number of hydrogen-bond acceptors (Lipinski definition) is 6. The van der Waals surface area contributed by atoms with Gasteiger partial charge in [0, 0.05) is 12.4 Å². The summed E-state index contributed by atoms with van der Waals surface area (Å²) >= 11 is 1.27. The number of rotatable bonds is 8. The zero-order valence-corrected chi connectivity index (χ0v) is 16.5. The molecule has 0 saturated carbocycles. The first-order valence-electron chi connectivity index (χ1n) is 8.86. The number of para-hydroxylation sites is 3. The highest BCUT2D eigenvalue weighted by atomic mass is 32.2. The largest absolute Gasteiger partial charge is 0.492 e. The Morgan fingerprint density at radius 1 is 1.04 bits per heavy atom. The van der Waals surface area contributed by atoms with Crippen molar-refractivity contribution in [3.8, 4) is 17.4 Å². The molecular formula is C21H21N3O3S. The van der Waals surface area contributed by atoms with Crippen LogP contribution in [0.3, 0.4) is 0 Å². The minimum atomic E-state index is -0.162. The monoisotopic (exact) mass is 395 g/mol. The molecule has 0 aliphatic rings. The van der Waals surface area contributed by atoms with E-state index in [2.05, 4.69) is 15.3 Å². The highest BCUT2D eigenvalue weighted by molar-refractivity contribution is 8.00. The van der Waals surface area contributed by atoms with E-state index in [1.54, 1.807) is 12.4 Å². The minimum Gasteiger partial charge on any atom is -0.492 e. The second-order valence-electron chi connectivity index (χ2n) is 5.80. The molecule has 0 unspecified atom stereocenters. The number of benzene rings is 2. The van der Waals surface area contributed by atoms with Gasteiger partial charge in [0.15, 0.2) is 5.03 Å². The highest BCUT2D eigenvalue weighted by Crippen LogP contribution is 2.30. The van der Waals surface area contributed by atoms with Crippen molar-refractivity contribution in [3.63, 3.8) is 0 Å². The van der Waals surface area contributed by atoms with Crippen molar-refractivity contribution in [3.05, 3.63) is 66.5 Å². The van der Waals surface area contributed by atoms with Gasteiger partial charge in [-0.3, -0.25) is 4.79 Å². The van der Waals surface area contributed by atoms with E-state index in [0.29, 0.717) is 34.7 Å². The summed E-state index contributed by atoms with van der Waals surface area (Å²) in [5.74, 6) is 1.74. The maximum absolute atomic E-state index is 12.4. The standard InChI is InChI=1S/C21H21N3O3S/c1-3-26-18-11-7-5-9-16(18)24-19(25)14-28-21-20(22-12-13-23-21)27-17-10-6-4-8-15(17)2/h4-13H,3,14H2,1-2H3,(H,24,25). The van der Waals surface area contributed by atoms with Crippen LogP contribution in [-0.2, 0) is 4.79 Å². The Morgan fingerprint density at radius 3 is 2.54 bits per heavy atom. The molecule has 0 aliphatic heterocycles. The summed E-state index contributed by atoms with van der Waals surface area (Å²) in [6.07, 6.45) is 3.14. The van der Waals surface area contributed by atoms with Crippen LogP contribution in [0.15, 0.2) is 66.0 Å². The molecule has 0 fully saturated rings. The van der Waals surface area contributed by atoms with Crippen LogP contribution < -0.4 is 14.8 Å². The van der Waals surface area contributed by atoms with Gasteiger partial charge in [0.1, 0.15) is 11.5 Å². The van der Waals surface area contributed by atoms with Gasteiger partial charge in [0.05, 0.1) is 18.0 Å². The molecule has 2 aromatic carbocycles. The fourth-order valence-electron chi connectivity index (χ4n) is 2.43. The van der Waals surface area contributed by atoms with Crippen molar-refractivity contribution in [1.29, 1.82) is 0 Å². The molecule has 144 valence electrons. The van der Waals surface area contributed by atoms with Crippen LogP contribution in [0.5, 0.6) is 17.4 Å². The predicted octanol–water partition coefficient (Wildman–Crippen LogP) is 4.71. The summed E-state index contributed by atoms with van der Waals surface area (Å²) in [4.78, 5) is 20.9. The van der Waals surface area contributed by atoms with E-state index in [9.17, 15) is 4.79 Å². The number of nitrogens with one attached hydrogen (secondary N) is 1. The van der Waals surface area contributed by atoms with Gasteiger partial charge in [-0.25, -0.2) is 9.97 Å². The van der Waals surface area contributed by atoms with Gasteiger partial charge in [-0.05, 0) is 37.6 Å². The smallest absolute Gasteiger partial charge is 0.252 e. The molecule has 1 amide bonds. The van der Waals surface area contributed by atoms with E-state index in [1.807, 2.05) is 62.4 Å². The second kappa shape index (κ2) is 9.75. The molecule has 28 heavy (non-hydrogen) atoms. The molecule has 1 N–H and O–H groups in total. The lowest BCUT2D eigenvalue weighted by Crippen LogP contribution is -2.15. The van der Waals surface area contributed by atoms with Crippen molar-refractivity contribution in [2.75, 3.05) is 17.7 Å². The van der Waals surface area contributed by atoms with E-state index in [4.69, 9.17) is 9.47 Å². The van der Waals surface area contributed by atoms with Crippen LogP contribution in [0.4, 0.5) is 5.69 Å². The normalized spacial score (nSPS) is 10.4. The van der Waals surface area contributed by atoms with Gasteiger partial charge < -0.3 is 14.8 Å². The summed E-state index contributed by atoms with van der Waals surface area (Å²) in [5, 5.41) is 3.42. The number of nitrogens with zero attached hydrogens (tertiary/aromatic N) is 2. The van der Waals surface area contributed by atoms with E-state index in [0.717, 1.165) is 5.56 Å². The molecule has 0 atom stereocenters. The third-order valence-electron chi connectivity index (χ3n) is 3.73. The van der Waals surface area contributed by atoms with Gasteiger partial charge in [-0.2, -0.15) is 0 Å². The van der Waals surface area contributed by atoms with Crippen molar-refractivity contribution in [2.24, 2.45) is 0 Å². The molecule has 0 bridgehead atoms. The molecule has 1 heterocycles. The minimum absolute atomic E-state index is 0.162. The van der Waals surface area contributed by atoms with Crippen LogP contribution in [0.2, 0.25) is 0 Å². The van der Waals surface area contributed by atoms with Crippen LogP contribution in [0, 0.1) is 6.92 Å². The maximum atomic E-state index is 12.4. The number of carbonyl (C=O) groups is 1. The topological polar surface area (TPSA) is 73.3 Å². The summed E-state index contributed by atoms with van der Waals surface area (Å²) < 4.78 is 11.4. The Labute approximate surface area is 168 Å². The molecule has 0 aliphatic carbocycles. The number of amides is 1. The van der Waals surface area contributed by atoms with Crippen molar-refractivity contribution in [1.82, 2.24) is 9.97 Å². The van der Waals surface area contributed by atoms with Crippen molar-refractivity contribution >= 4 is 23.4 Å². The highest BCUT2D eigenvalue weighted by Gasteiger charge is 2.13. The number of ether oxygens (including phenoxy) is 2. The van der Waals surface area contributed by atoms with Crippen molar-refractivity contribution < 1.29 is 14.3 Å². The van der Waals surface area contributed by atoms with Gasteiger partial charge in [0.25, 0.3) is 5.88 Å². The number of aryl methyl sites for hydroxylation is 1. The Balaban J connectivity index is 1.65. The number of anilines is 1. The van der Waals surface area contributed by atoms with Crippen LogP contribution in [0.1, 0.15) is 12.5 Å². The van der Waals surface area contributed by atoms with Gasteiger partial charge >= 0.3 is 0 Å². The molecule has 0 spiro atoms. The molecule has 7 heteroatoms. The average molecular weight is 395 g/mol. The molecular weight excluding hydrogens is 374 g/mol. The first-order valence-corrected chi connectivity index (χ1v) is 9.85. The lowest BCUT2D eigenvalue weighted by molar-refractivity contribution is -0.113. The number of carbonyl (C=O) groups excluding carboxylic acids is 1. The number of thioether (sulfide) groups is 1. The lowest BCUT2D eigenvalue weighted by Gasteiger charge is -2.12. The fourth-order valence-corrected chi connectivity index (χ4v) is 3.12. The summed E-state index contributed by atoms with van der Waals surface area (Å²) in [6, 6.07) is 15.0. The molecule has 3 aromatic rings. The number of aromatic nitrogens is 2. The molecule has 1 aromatic heterocycles. The summed E-state index contributed by atoms with van der Waals surface area (Å²) in [5.41, 5.74) is 1.64. The van der Waals surface area contributed by atoms with Crippen LogP contribution in [0.25, 0.3) is 0 Å². The van der Waals surface area contributed by atoms with E-state index >= 15 is 0 Å². The van der Waals surface area contributed by atoms with Gasteiger partial charge in [-0.1, -0.05) is 42.1 Å². The molecule has 6 nitrogen and oxygen atoms in total. The average Bonchev–Trinajstić information content (AvgIpc) is 2.71. The van der Waals surface area contributed by atoms with E-state index in [1.165, 1.54) is 11.8 Å². The Hall–Kier alpha value is -3.06. The van der Waals surface area contributed by atoms with Gasteiger partial charge in [-0.15, -0.1) is 0 Å². The Kier molecular flexibility index (Phi) is 6.86. The number of hydrogen-bond donors (Lipinski definition) is 1. The van der Waals surface area contributed by atoms with E-state index < -0.39 is 0 Å². The summed E-state index contributed by atoms with van der Waals surface area (Å²) in [7, 11) is 0. The van der Waals surface area contributed by atoms with Crippen molar-refractivity contribution in [2.45, 2.75) is 18.9 Å². The first kappa shape index (κ1) is 19.7. The zero-order valence-electron chi connectivity index (χ0n) is 15.7. The predicted molar refractivity (Wildman–Crippen MR) is 110 cm³/mol. The second-order valence-corrected chi connectivity index (χ2v) is 6.76. The molecule has 0 saturated heterocycles. The molecule has 0 radical (unpaired) electrons. The van der Waals surface area contributed by atoms with E-state index in [-0.39, 0.29) is 11.7 Å². The third kappa shape index (κ3) is 5.23. The molecule has 3 rings (SSSR count). The third-order valence-corrected chi connectivity index (χ3v) is 4.69. The zero-order chi connectivity index (χ0) is 19.8. The first-order chi connectivity index (χ1) is 13.7. The Morgan fingerprint density at radius 2 is 1.75 bits per heavy atom. The lowest BCUT2D eigenvalue weighted by atomic mass is 10.2. The quantitative estimate of drug-likeness (QED) is 0.557. The Bertz CT molecular complexity index is 949. The SMILES string of the molecule is CCOc1ccccc1NC(=O)CSc1nccnc1Oc1ccccc1C. The summed E-state index contributed by atoms with van der Waals surface area (Å²) in [6.45, 7) is 4.39. The fraction of sp³-hybridized carbons (Fsp3) is 0.190. The van der Waals surface area contributed by atoms with Gasteiger partial charge in [0.2, 0.25) is 5.91 Å². The maximum Gasteiger partial charge on any atom is 0.252 e. The van der Waals surface area contributed by atoms with Crippen LogP contribution >= 0.6 is 11.8 Å².